The highest BCUT2D eigenvalue weighted by molar-refractivity contribution is 8.04. The largest absolute Gasteiger partial charge is 0.178 e. The molecule has 0 saturated heterocycles. The second-order valence-corrected chi connectivity index (χ2v) is 8.31. The van der Waals surface area contributed by atoms with E-state index >= 15 is 0 Å². The van der Waals surface area contributed by atoms with Crippen molar-refractivity contribution < 1.29 is 0 Å². The van der Waals surface area contributed by atoms with Crippen molar-refractivity contribution in [2.45, 2.75) is 15.7 Å². The smallest absolute Gasteiger partial charge is 0.0226 e. The summed E-state index contributed by atoms with van der Waals surface area (Å²) in [5.41, 5.74) is 0. The highest BCUT2D eigenvalue weighted by Crippen LogP contribution is 2.21. The summed E-state index contributed by atoms with van der Waals surface area (Å²) in [7, 11) is 0. The molecule has 0 amide bonds. The van der Waals surface area contributed by atoms with Crippen LogP contribution >= 0.6 is 86.7 Å². The van der Waals surface area contributed by atoms with Gasteiger partial charge in [0.1, 0.15) is 0 Å². The minimum Gasteiger partial charge on any atom is -0.178 e. The molecule has 3 unspecified atom stereocenters. The molecule has 0 saturated carbocycles. The van der Waals surface area contributed by atoms with Crippen molar-refractivity contribution in [1.82, 2.24) is 0 Å². The van der Waals surface area contributed by atoms with E-state index in [4.69, 9.17) is 0 Å². The molecule has 0 aliphatic heterocycles. The van der Waals surface area contributed by atoms with Gasteiger partial charge >= 0.3 is 0 Å². The molecular formula is C9H20S7. The Kier molecular flexibility index (Phi) is 14.4. The lowest BCUT2D eigenvalue weighted by Crippen LogP contribution is -2.15. The van der Waals surface area contributed by atoms with E-state index in [-0.39, 0.29) is 0 Å². The number of thiol groups is 5. The van der Waals surface area contributed by atoms with E-state index in [9.17, 15) is 0 Å². The summed E-state index contributed by atoms with van der Waals surface area (Å²) < 4.78 is 0. The molecule has 0 aromatic rings. The fourth-order valence-corrected chi connectivity index (χ4v) is 4.94. The minimum absolute atomic E-state index is 0.385. The maximum atomic E-state index is 4.43. The quantitative estimate of drug-likeness (QED) is 0.383. The third-order valence-electron chi connectivity index (χ3n) is 1.76. The molecule has 0 radical (unpaired) electrons. The molecule has 0 aromatic carbocycles. The number of hydrogen-bond acceptors (Lipinski definition) is 7. The van der Waals surface area contributed by atoms with Crippen LogP contribution in [0.25, 0.3) is 0 Å². The van der Waals surface area contributed by atoms with Gasteiger partial charge in [-0.05, 0) is 0 Å². The molecule has 0 N–H and O–H groups in total. The normalized spacial score (nSPS) is 17.1. The Morgan fingerprint density at radius 2 is 1.31 bits per heavy atom. The third kappa shape index (κ3) is 10.4. The van der Waals surface area contributed by atoms with E-state index in [2.05, 4.69) is 63.1 Å². The highest BCUT2D eigenvalue weighted by atomic mass is 32.2. The Balaban J connectivity index is 3.58. The van der Waals surface area contributed by atoms with Crippen LogP contribution < -0.4 is 0 Å². The summed E-state index contributed by atoms with van der Waals surface area (Å²) in [5.74, 6) is 5.84. The second kappa shape index (κ2) is 12.5. The summed E-state index contributed by atoms with van der Waals surface area (Å²) in [4.78, 5) is 0. The molecule has 0 nitrogen and oxygen atoms in total. The predicted molar refractivity (Wildman–Crippen MR) is 101 cm³/mol. The molecule has 0 heterocycles. The van der Waals surface area contributed by atoms with Gasteiger partial charge in [-0.3, -0.25) is 0 Å². The topological polar surface area (TPSA) is 0 Å². The molecule has 7 heteroatoms. The van der Waals surface area contributed by atoms with Crippen molar-refractivity contribution in [1.29, 1.82) is 0 Å². The zero-order chi connectivity index (χ0) is 12.4. The van der Waals surface area contributed by atoms with Gasteiger partial charge in [-0.15, -0.1) is 0 Å². The maximum absolute atomic E-state index is 4.43. The van der Waals surface area contributed by atoms with Gasteiger partial charge < -0.3 is 0 Å². The van der Waals surface area contributed by atoms with Gasteiger partial charge in [0, 0.05) is 50.3 Å². The lowest BCUT2D eigenvalue weighted by molar-refractivity contribution is 1.10. The van der Waals surface area contributed by atoms with Gasteiger partial charge in [-0.25, -0.2) is 0 Å². The molecule has 3 atom stereocenters. The lowest BCUT2D eigenvalue weighted by atomic mass is 10.5. The zero-order valence-corrected chi connectivity index (χ0v) is 15.1. The molecule has 0 aliphatic rings. The van der Waals surface area contributed by atoms with Crippen LogP contribution in [0.1, 0.15) is 0 Å². The van der Waals surface area contributed by atoms with E-state index in [1.807, 2.05) is 23.5 Å². The van der Waals surface area contributed by atoms with Crippen LogP contribution in [0.3, 0.4) is 0 Å². The van der Waals surface area contributed by atoms with Crippen molar-refractivity contribution in [3.8, 4) is 0 Å². The SMILES string of the molecule is SCC(S)CSCC(CS)SCC(S)CS. The number of rotatable bonds is 10. The van der Waals surface area contributed by atoms with Crippen LogP contribution in [0.5, 0.6) is 0 Å². The summed E-state index contributed by atoms with van der Waals surface area (Å²) >= 11 is 25.6. The molecule has 98 valence electrons. The van der Waals surface area contributed by atoms with Crippen LogP contribution in [0, 0.1) is 0 Å². The first kappa shape index (κ1) is 18.4. The van der Waals surface area contributed by atoms with Gasteiger partial charge in [-0.1, -0.05) is 0 Å². The average molecular weight is 353 g/mol. The average Bonchev–Trinajstić information content (AvgIpc) is 2.32. The molecule has 0 rings (SSSR count). The Morgan fingerprint density at radius 3 is 1.81 bits per heavy atom. The van der Waals surface area contributed by atoms with E-state index in [0.717, 1.165) is 34.5 Å². The van der Waals surface area contributed by atoms with Gasteiger partial charge in [-0.2, -0.15) is 86.7 Å². The van der Waals surface area contributed by atoms with E-state index < -0.39 is 0 Å². The summed E-state index contributed by atoms with van der Waals surface area (Å²) in [6.45, 7) is 0. The Morgan fingerprint density at radius 1 is 0.750 bits per heavy atom. The first-order valence-corrected chi connectivity index (χ1v) is 10.1. The Labute approximate surface area is 136 Å². The summed E-state index contributed by atoms with van der Waals surface area (Å²) in [6, 6.07) is 0. The van der Waals surface area contributed by atoms with Crippen LogP contribution in [-0.2, 0) is 0 Å². The zero-order valence-electron chi connectivity index (χ0n) is 9.03. The van der Waals surface area contributed by atoms with Gasteiger partial charge in [0.15, 0.2) is 0 Å². The number of hydrogen-bond donors (Lipinski definition) is 5. The summed E-state index contributed by atoms with van der Waals surface area (Å²) in [6.07, 6.45) is 0. The van der Waals surface area contributed by atoms with Crippen molar-refractivity contribution in [2.24, 2.45) is 0 Å². The van der Waals surface area contributed by atoms with Crippen LogP contribution in [0.15, 0.2) is 0 Å². The Bertz CT molecular complexity index is 155. The number of thioether (sulfide) groups is 2. The molecule has 0 aliphatic carbocycles. The second-order valence-electron chi connectivity index (χ2n) is 3.35. The van der Waals surface area contributed by atoms with E-state index in [1.54, 1.807) is 0 Å². The van der Waals surface area contributed by atoms with Crippen LogP contribution in [0.2, 0.25) is 0 Å². The van der Waals surface area contributed by atoms with E-state index in [1.165, 1.54) is 0 Å². The fourth-order valence-electron chi connectivity index (χ4n) is 0.842. The Hall–Kier alpha value is 2.45. The van der Waals surface area contributed by atoms with Crippen molar-refractivity contribution >= 4 is 86.7 Å². The first-order chi connectivity index (χ1) is 7.63. The first-order valence-electron chi connectivity index (χ1n) is 5.02. The minimum atomic E-state index is 0.385. The highest BCUT2D eigenvalue weighted by Gasteiger charge is 2.11. The van der Waals surface area contributed by atoms with Gasteiger partial charge in [0.05, 0.1) is 0 Å². The van der Waals surface area contributed by atoms with Crippen LogP contribution in [-0.4, -0.2) is 50.3 Å². The standard InChI is InChI=1S/C9H20S7/c10-1-7(13)4-15-6-9(3-12)16-5-8(14)2-11/h7-14H,1-6H2. The van der Waals surface area contributed by atoms with Crippen molar-refractivity contribution in [3.05, 3.63) is 0 Å². The predicted octanol–water partition coefficient (Wildman–Crippen LogP) is 3.21. The van der Waals surface area contributed by atoms with E-state index in [0.29, 0.717) is 15.7 Å². The maximum Gasteiger partial charge on any atom is 0.0226 e. The van der Waals surface area contributed by atoms with Crippen molar-refractivity contribution in [3.63, 3.8) is 0 Å². The monoisotopic (exact) mass is 352 g/mol. The third-order valence-corrected chi connectivity index (χ3v) is 8.02. The molecule has 0 spiro atoms. The van der Waals surface area contributed by atoms with Crippen LogP contribution in [0.4, 0.5) is 0 Å². The fraction of sp³-hybridized carbons (Fsp3) is 1.00. The molecule has 0 fully saturated rings. The lowest BCUT2D eigenvalue weighted by Gasteiger charge is -2.16. The summed E-state index contributed by atoms with van der Waals surface area (Å²) in [5, 5.41) is 1.38. The molecular weight excluding hydrogens is 333 g/mol. The van der Waals surface area contributed by atoms with Gasteiger partial charge in [0.25, 0.3) is 0 Å². The molecule has 0 bridgehead atoms. The van der Waals surface area contributed by atoms with Crippen molar-refractivity contribution in [2.75, 3.05) is 34.5 Å². The molecule has 16 heavy (non-hydrogen) atoms. The molecule has 0 aromatic heterocycles. The van der Waals surface area contributed by atoms with Gasteiger partial charge in [0.2, 0.25) is 0 Å².